The zero-order valence-corrected chi connectivity index (χ0v) is 13.2. The summed E-state index contributed by atoms with van der Waals surface area (Å²) in [4.78, 5) is 17.9. The number of methoxy groups -OCH3 is 1. The molecule has 1 unspecified atom stereocenters. The molecule has 1 aliphatic rings. The van der Waals surface area contributed by atoms with Crippen molar-refractivity contribution in [3.8, 4) is 0 Å². The van der Waals surface area contributed by atoms with Gasteiger partial charge >= 0.3 is 0 Å². The molecular formula is C16H19FN4O2. The van der Waals surface area contributed by atoms with Gasteiger partial charge in [-0.1, -0.05) is 0 Å². The summed E-state index contributed by atoms with van der Waals surface area (Å²) in [6.07, 6.45) is 3.27. The van der Waals surface area contributed by atoms with Gasteiger partial charge in [0.25, 0.3) is 5.91 Å². The average Bonchev–Trinajstić information content (AvgIpc) is 2.98. The number of aromatic nitrogens is 3. The van der Waals surface area contributed by atoms with E-state index in [1.54, 1.807) is 12.0 Å². The molecule has 2 aromatic rings. The fraction of sp³-hybridized carbons (Fsp3) is 0.438. The molecule has 6 nitrogen and oxygen atoms in total. The lowest BCUT2D eigenvalue weighted by Crippen LogP contribution is -2.39. The first-order chi connectivity index (χ1) is 11.1. The third-order valence-corrected chi connectivity index (χ3v) is 4.01. The smallest absolute Gasteiger partial charge is 0.254 e. The van der Waals surface area contributed by atoms with Crippen molar-refractivity contribution in [3.05, 3.63) is 47.3 Å². The first kappa shape index (κ1) is 15.6. The summed E-state index contributed by atoms with van der Waals surface area (Å²) >= 11 is 0. The molecule has 1 aliphatic heterocycles. The summed E-state index contributed by atoms with van der Waals surface area (Å²) in [7, 11) is 1.63. The van der Waals surface area contributed by atoms with E-state index in [0.717, 1.165) is 17.8 Å². The van der Waals surface area contributed by atoms with Gasteiger partial charge in [0, 0.05) is 62.2 Å². The topological polar surface area (TPSA) is 60.2 Å². The number of hydrogen-bond donors (Lipinski definition) is 0. The number of carbonyl (C=O) groups excluding carboxylic acids is 1. The van der Waals surface area contributed by atoms with E-state index in [4.69, 9.17) is 4.74 Å². The SMILES string of the molecule is CCn1cc2c(n1)C(COC)CN(C(=O)c1ccnc(F)c1)C2. The molecule has 1 atom stereocenters. The molecule has 23 heavy (non-hydrogen) atoms. The van der Waals surface area contributed by atoms with Crippen molar-refractivity contribution in [1.29, 1.82) is 0 Å². The molecule has 0 spiro atoms. The maximum absolute atomic E-state index is 13.3. The Labute approximate surface area is 133 Å². The Morgan fingerprint density at radius 2 is 2.35 bits per heavy atom. The molecule has 3 rings (SSSR count). The maximum Gasteiger partial charge on any atom is 0.254 e. The Morgan fingerprint density at radius 1 is 1.52 bits per heavy atom. The average molecular weight is 318 g/mol. The summed E-state index contributed by atoms with van der Waals surface area (Å²) in [6, 6.07) is 2.69. The second-order valence-corrected chi connectivity index (χ2v) is 5.60. The van der Waals surface area contributed by atoms with Crippen molar-refractivity contribution in [1.82, 2.24) is 19.7 Å². The minimum atomic E-state index is -0.652. The van der Waals surface area contributed by atoms with Gasteiger partial charge in [0.15, 0.2) is 0 Å². The highest BCUT2D eigenvalue weighted by atomic mass is 19.1. The number of hydrogen-bond acceptors (Lipinski definition) is 4. The zero-order chi connectivity index (χ0) is 16.4. The van der Waals surface area contributed by atoms with Crippen LogP contribution in [-0.2, 0) is 17.8 Å². The van der Waals surface area contributed by atoms with Crippen LogP contribution in [0.3, 0.4) is 0 Å². The van der Waals surface area contributed by atoms with Crippen molar-refractivity contribution in [2.75, 3.05) is 20.3 Å². The van der Waals surface area contributed by atoms with Crippen molar-refractivity contribution in [2.45, 2.75) is 25.9 Å². The molecule has 0 N–H and O–H groups in total. The minimum Gasteiger partial charge on any atom is -0.384 e. The third kappa shape index (κ3) is 3.10. The van der Waals surface area contributed by atoms with Gasteiger partial charge < -0.3 is 9.64 Å². The molecule has 1 amide bonds. The number of rotatable bonds is 4. The van der Waals surface area contributed by atoms with Gasteiger partial charge in [-0.05, 0) is 13.0 Å². The highest BCUT2D eigenvalue weighted by molar-refractivity contribution is 5.94. The van der Waals surface area contributed by atoms with E-state index >= 15 is 0 Å². The molecule has 0 bridgehead atoms. The summed E-state index contributed by atoms with van der Waals surface area (Å²) in [5.41, 5.74) is 2.31. The molecule has 2 aromatic heterocycles. The van der Waals surface area contributed by atoms with Crippen LogP contribution in [-0.4, -0.2) is 45.8 Å². The predicted octanol–water partition coefficient (Wildman–Crippen LogP) is 1.82. The number of halogens is 1. The molecular weight excluding hydrogens is 299 g/mol. The first-order valence-corrected chi connectivity index (χ1v) is 7.58. The summed E-state index contributed by atoms with van der Waals surface area (Å²) in [5, 5.41) is 4.58. The normalized spacial score (nSPS) is 17.2. The van der Waals surface area contributed by atoms with Gasteiger partial charge in [-0.2, -0.15) is 9.49 Å². The van der Waals surface area contributed by atoms with Crippen LogP contribution in [0.25, 0.3) is 0 Å². The van der Waals surface area contributed by atoms with Crippen molar-refractivity contribution in [2.24, 2.45) is 0 Å². The molecule has 0 saturated carbocycles. The van der Waals surface area contributed by atoms with Gasteiger partial charge in [-0.3, -0.25) is 9.48 Å². The molecule has 7 heteroatoms. The van der Waals surface area contributed by atoms with E-state index < -0.39 is 5.95 Å². The van der Waals surface area contributed by atoms with Gasteiger partial charge in [0.1, 0.15) is 0 Å². The highest BCUT2D eigenvalue weighted by Gasteiger charge is 2.31. The van der Waals surface area contributed by atoms with Crippen LogP contribution < -0.4 is 0 Å². The molecule has 0 aliphatic carbocycles. The lowest BCUT2D eigenvalue weighted by molar-refractivity contribution is 0.0678. The predicted molar refractivity (Wildman–Crippen MR) is 81.5 cm³/mol. The number of ether oxygens (including phenoxy) is 1. The molecule has 0 aromatic carbocycles. The summed E-state index contributed by atoms with van der Waals surface area (Å²) < 4.78 is 20.4. The standard InChI is InChI=1S/C16H19FN4O2/c1-3-21-9-12-7-20(8-13(10-23-2)15(12)19-21)16(22)11-4-5-18-14(17)6-11/h4-6,9,13H,3,7-8,10H2,1-2H3. The Bertz CT molecular complexity index is 716. The van der Waals surface area contributed by atoms with Crippen LogP contribution in [0.2, 0.25) is 0 Å². The van der Waals surface area contributed by atoms with Crippen molar-refractivity contribution >= 4 is 5.91 Å². The molecule has 0 radical (unpaired) electrons. The maximum atomic E-state index is 13.3. The van der Waals surface area contributed by atoms with E-state index in [0.29, 0.717) is 25.3 Å². The van der Waals surface area contributed by atoms with Gasteiger partial charge in [0.2, 0.25) is 5.95 Å². The second kappa shape index (κ2) is 6.45. The van der Waals surface area contributed by atoms with Crippen LogP contribution in [0.15, 0.2) is 24.5 Å². The molecule has 3 heterocycles. The van der Waals surface area contributed by atoms with Crippen LogP contribution >= 0.6 is 0 Å². The highest BCUT2D eigenvalue weighted by Crippen LogP contribution is 2.28. The first-order valence-electron chi connectivity index (χ1n) is 7.58. The van der Waals surface area contributed by atoms with Gasteiger partial charge in [0.05, 0.1) is 12.3 Å². The van der Waals surface area contributed by atoms with Crippen molar-refractivity contribution in [3.63, 3.8) is 0 Å². The van der Waals surface area contributed by atoms with Crippen molar-refractivity contribution < 1.29 is 13.9 Å². The van der Waals surface area contributed by atoms with Gasteiger partial charge in [-0.15, -0.1) is 0 Å². The van der Waals surface area contributed by atoms with E-state index in [9.17, 15) is 9.18 Å². The Kier molecular flexibility index (Phi) is 4.38. The molecule has 122 valence electrons. The van der Waals surface area contributed by atoms with Crippen LogP contribution in [0.5, 0.6) is 0 Å². The minimum absolute atomic E-state index is 0.0205. The van der Waals surface area contributed by atoms with E-state index in [1.807, 2.05) is 17.8 Å². The fourth-order valence-electron chi connectivity index (χ4n) is 2.93. The summed E-state index contributed by atoms with van der Waals surface area (Å²) in [5.74, 6) is -0.838. The number of pyridine rings is 1. The third-order valence-electron chi connectivity index (χ3n) is 4.01. The number of amides is 1. The largest absolute Gasteiger partial charge is 0.384 e. The Morgan fingerprint density at radius 3 is 3.04 bits per heavy atom. The van der Waals surface area contributed by atoms with E-state index in [2.05, 4.69) is 10.1 Å². The number of carbonyl (C=O) groups is 1. The number of nitrogens with zero attached hydrogens (tertiary/aromatic N) is 4. The van der Waals surface area contributed by atoms with E-state index in [1.165, 1.54) is 18.3 Å². The Balaban J connectivity index is 1.88. The lowest BCUT2D eigenvalue weighted by atomic mass is 9.96. The van der Waals surface area contributed by atoms with E-state index in [-0.39, 0.29) is 11.8 Å². The number of fused-ring (bicyclic) bond motifs is 1. The number of aryl methyl sites for hydroxylation is 1. The summed E-state index contributed by atoms with van der Waals surface area (Å²) in [6.45, 7) is 4.26. The monoisotopic (exact) mass is 318 g/mol. The zero-order valence-electron chi connectivity index (χ0n) is 13.2. The molecule has 0 saturated heterocycles. The van der Waals surface area contributed by atoms with Gasteiger partial charge in [-0.25, -0.2) is 4.98 Å². The van der Waals surface area contributed by atoms with Crippen LogP contribution in [0.1, 0.15) is 34.5 Å². The lowest BCUT2D eigenvalue weighted by Gasteiger charge is -2.31. The Hall–Kier alpha value is -2.28. The van der Waals surface area contributed by atoms with Crippen LogP contribution in [0, 0.1) is 5.95 Å². The fourth-order valence-corrected chi connectivity index (χ4v) is 2.93. The quantitative estimate of drug-likeness (QED) is 0.807. The molecule has 0 fully saturated rings. The van der Waals surface area contributed by atoms with Crippen LogP contribution in [0.4, 0.5) is 4.39 Å². The second-order valence-electron chi connectivity index (χ2n) is 5.60.